The number of hydrogen-bond donors (Lipinski definition) is 0. The summed E-state index contributed by atoms with van der Waals surface area (Å²) >= 11 is 1.61. The molecule has 0 atom stereocenters. The van der Waals surface area contributed by atoms with Gasteiger partial charge in [0.2, 0.25) is 0 Å². The Morgan fingerprint density at radius 3 is 2.79 bits per heavy atom. The molecule has 0 N–H and O–H groups in total. The Kier molecular flexibility index (Phi) is 3.82. The topological polar surface area (TPSA) is 52.2 Å². The van der Waals surface area contributed by atoms with E-state index in [1.54, 1.807) is 28.4 Å². The zero-order valence-electron chi connectivity index (χ0n) is 13.2. The third kappa shape index (κ3) is 2.59. The monoisotopic (exact) mass is 336 g/mol. The van der Waals surface area contributed by atoms with E-state index in [1.807, 2.05) is 36.4 Å². The van der Waals surface area contributed by atoms with E-state index < -0.39 is 0 Å². The standard InChI is InChI=1S/C18H16N4OS/c1-2-21-15-8-4-3-7-14(15)20-18(21)24-12-13-11-17(23)22-10-6-5-9-16(22)19-13/h3-11H,2,12H2,1H3. The molecule has 5 nitrogen and oxygen atoms in total. The molecule has 0 aliphatic heterocycles. The summed E-state index contributed by atoms with van der Waals surface area (Å²) in [4.78, 5) is 21.4. The number of benzene rings is 1. The molecular weight excluding hydrogens is 320 g/mol. The third-order valence-electron chi connectivity index (χ3n) is 3.91. The van der Waals surface area contributed by atoms with Crippen molar-refractivity contribution in [2.24, 2.45) is 0 Å². The van der Waals surface area contributed by atoms with Crippen LogP contribution in [0.15, 0.2) is 64.7 Å². The molecule has 0 fully saturated rings. The van der Waals surface area contributed by atoms with Gasteiger partial charge in [-0.1, -0.05) is 30.0 Å². The lowest BCUT2D eigenvalue weighted by atomic mass is 10.3. The maximum Gasteiger partial charge on any atom is 0.258 e. The van der Waals surface area contributed by atoms with Crippen LogP contribution in [-0.4, -0.2) is 18.9 Å². The smallest absolute Gasteiger partial charge is 0.258 e. The molecule has 0 saturated heterocycles. The van der Waals surface area contributed by atoms with Gasteiger partial charge in [0.25, 0.3) is 5.56 Å². The molecule has 4 rings (SSSR count). The molecule has 3 aromatic heterocycles. The second-order valence-electron chi connectivity index (χ2n) is 5.43. The maximum absolute atomic E-state index is 12.2. The predicted molar refractivity (Wildman–Crippen MR) is 96.4 cm³/mol. The van der Waals surface area contributed by atoms with Gasteiger partial charge in [-0.25, -0.2) is 9.97 Å². The molecule has 0 bridgehead atoms. The van der Waals surface area contributed by atoms with Crippen LogP contribution >= 0.6 is 11.8 Å². The molecule has 1 aromatic carbocycles. The number of rotatable bonds is 4. The summed E-state index contributed by atoms with van der Waals surface area (Å²) in [6.45, 7) is 2.97. The van der Waals surface area contributed by atoms with Crippen LogP contribution < -0.4 is 5.56 Å². The maximum atomic E-state index is 12.2. The van der Waals surface area contributed by atoms with Gasteiger partial charge in [-0.15, -0.1) is 0 Å². The van der Waals surface area contributed by atoms with E-state index in [9.17, 15) is 4.79 Å². The van der Waals surface area contributed by atoms with Crippen molar-refractivity contribution in [1.82, 2.24) is 18.9 Å². The minimum atomic E-state index is -0.0554. The molecule has 0 spiro atoms. The van der Waals surface area contributed by atoms with Crippen molar-refractivity contribution in [3.63, 3.8) is 0 Å². The second kappa shape index (κ2) is 6.13. The molecular formula is C18H16N4OS. The van der Waals surface area contributed by atoms with E-state index in [0.717, 1.165) is 28.4 Å². The normalized spacial score (nSPS) is 11.4. The van der Waals surface area contributed by atoms with E-state index in [0.29, 0.717) is 11.4 Å². The molecule has 0 aliphatic rings. The van der Waals surface area contributed by atoms with Crippen LogP contribution in [0.1, 0.15) is 12.6 Å². The van der Waals surface area contributed by atoms with Gasteiger partial charge >= 0.3 is 0 Å². The highest BCUT2D eigenvalue weighted by Gasteiger charge is 2.10. The van der Waals surface area contributed by atoms with Crippen LogP contribution in [0.4, 0.5) is 0 Å². The van der Waals surface area contributed by atoms with E-state index in [2.05, 4.69) is 22.5 Å². The van der Waals surface area contributed by atoms with Crippen LogP contribution in [0.2, 0.25) is 0 Å². The zero-order valence-corrected chi connectivity index (χ0v) is 14.0. The van der Waals surface area contributed by atoms with Gasteiger partial charge in [-0.3, -0.25) is 9.20 Å². The van der Waals surface area contributed by atoms with E-state index in [4.69, 9.17) is 4.98 Å². The highest BCUT2D eigenvalue weighted by molar-refractivity contribution is 7.98. The first-order valence-corrected chi connectivity index (χ1v) is 8.80. The Labute approximate surface area is 143 Å². The summed E-state index contributed by atoms with van der Waals surface area (Å²) in [6, 6.07) is 15.3. The quantitative estimate of drug-likeness (QED) is 0.536. The van der Waals surface area contributed by atoms with Crippen molar-refractivity contribution in [2.45, 2.75) is 24.4 Å². The number of aromatic nitrogens is 4. The molecule has 0 saturated carbocycles. The Hall–Kier alpha value is -2.60. The molecule has 0 radical (unpaired) electrons. The van der Waals surface area contributed by atoms with Gasteiger partial charge in [0.1, 0.15) is 5.65 Å². The minimum Gasteiger partial charge on any atom is -0.319 e. The molecule has 0 aliphatic carbocycles. The SMILES string of the molecule is CCn1c(SCc2cc(=O)n3ccccc3n2)nc2ccccc21. The van der Waals surface area contributed by atoms with Crippen molar-refractivity contribution < 1.29 is 0 Å². The first-order valence-electron chi connectivity index (χ1n) is 7.81. The van der Waals surface area contributed by atoms with Crippen LogP contribution in [0.25, 0.3) is 16.7 Å². The zero-order chi connectivity index (χ0) is 16.5. The van der Waals surface area contributed by atoms with Crippen LogP contribution in [0.5, 0.6) is 0 Å². The highest BCUT2D eigenvalue weighted by Crippen LogP contribution is 2.26. The van der Waals surface area contributed by atoms with E-state index >= 15 is 0 Å². The van der Waals surface area contributed by atoms with E-state index in [1.165, 1.54) is 0 Å². The molecule has 4 aromatic rings. The summed E-state index contributed by atoms with van der Waals surface area (Å²) in [5.41, 5.74) is 3.51. The van der Waals surface area contributed by atoms with Gasteiger partial charge in [-0.05, 0) is 31.2 Å². The number of imidazole rings is 1. The van der Waals surface area contributed by atoms with Gasteiger partial charge in [0.05, 0.1) is 16.7 Å². The van der Waals surface area contributed by atoms with Crippen LogP contribution in [0.3, 0.4) is 0 Å². The molecule has 24 heavy (non-hydrogen) atoms. The van der Waals surface area contributed by atoms with Crippen molar-refractivity contribution in [3.05, 3.63) is 70.8 Å². The largest absolute Gasteiger partial charge is 0.319 e. The first kappa shape index (κ1) is 15.0. The first-order chi connectivity index (χ1) is 11.8. The van der Waals surface area contributed by atoms with Gasteiger partial charge in [0, 0.05) is 24.6 Å². The van der Waals surface area contributed by atoms with Gasteiger partial charge in [0.15, 0.2) is 5.16 Å². The fourth-order valence-electron chi connectivity index (χ4n) is 2.78. The lowest BCUT2D eigenvalue weighted by Crippen LogP contribution is -2.14. The highest BCUT2D eigenvalue weighted by atomic mass is 32.2. The summed E-state index contributed by atoms with van der Waals surface area (Å²) in [5.74, 6) is 0.615. The fraction of sp³-hybridized carbons (Fsp3) is 0.167. The predicted octanol–water partition coefficient (Wildman–Crippen LogP) is 3.36. The number of hydrogen-bond acceptors (Lipinski definition) is 4. The van der Waals surface area contributed by atoms with Crippen molar-refractivity contribution in [3.8, 4) is 0 Å². The van der Waals surface area contributed by atoms with Gasteiger partial charge in [-0.2, -0.15) is 0 Å². The Bertz CT molecular complexity index is 1080. The van der Waals surface area contributed by atoms with Crippen molar-refractivity contribution in [2.75, 3.05) is 0 Å². The Morgan fingerprint density at radius 1 is 1.08 bits per heavy atom. The van der Waals surface area contributed by atoms with Gasteiger partial charge < -0.3 is 4.57 Å². The Balaban J connectivity index is 1.67. The Morgan fingerprint density at radius 2 is 1.92 bits per heavy atom. The fourth-order valence-corrected chi connectivity index (χ4v) is 3.76. The average molecular weight is 336 g/mol. The number of thioether (sulfide) groups is 1. The second-order valence-corrected chi connectivity index (χ2v) is 6.37. The molecule has 0 unspecified atom stereocenters. The summed E-state index contributed by atoms with van der Waals surface area (Å²) in [6.07, 6.45) is 1.73. The molecule has 3 heterocycles. The van der Waals surface area contributed by atoms with Crippen molar-refractivity contribution >= 4 is 28.4 Å². The number of fused-ring (bicyclic) bond motifs is 2. The third-order valence-corrected chi connectivity index (χ3v) is 4.92. The van der Waals surface area contributed by atoms with Crippen LogP contribution in [0, 0.1) is 0 Å². The van der Waals surface area contributed by atoms with Crippen molar-refractivity contribution in [1.29, 1.82) is 0 Å². The van der Waals surface area contributed by atoms with Crippen LogP contribution in [-0.2, 0) is 12.3 Å². The number of para-hydroxylation sites is 2. The summed E-state index contributed by atoms with van der Waals surface area (Å²) < 4.78 is 3.74. The van der Waals surface area contributed by atoms with E-state index in [-0.39, 0.29) is 5.56 Å². The molecule has 120 valence electrons. The molecule has 0 amide bonds. The summed E-state index contributed by atoms with van der Waals surface area (Å²) in [5, 5.41) is 0.953. The average Bonchev–Trinajstić information content (AvgIpc) is 2.97. The lowest BCUT2D eigenvalue weighted by Gasteiger charge is -2.06. The minimum absolute atomic E-state index is 0.0554. The number of pyridine rings is 1. The molecule has 6 heteroatoms. The number of nitrogens with zero attached hydrogens (tertiary/aromatic N) is 4. The number of aryl methyl sites for hydroxylation is 1. The summed E-state index contributed by atoms with van der Waals surface area (Å²) in [7, 11) is 0. The lowest BCUT2D eigenvalue weighted by molar-refractivity contribution is 0.702.